The second-order valence-electron chi connectivity index (χ2n) is 8.38. The predicted molar refractivity (Wildman–Crippen MR) is 114 cm³/mol. The van der Waals surface area contributed by atoms with Crippen molar-refractivity contribution in [3.63, 3.8) is 0 Å². The Morgan fingerprint density at radius 1 is 1.20 bits per heavy atom. The van der Waals surface area contributed by atoms with Gasteiger partial charge in [0.2, 0.25) is 0 Å². The fourth-order valence-electron chi connectivity index (χ4n) is 4.58. The summed E-state index contributed by atoms with van der Waals surface area (Å²) < 4.78 is 25.4. The number of halogens is 1. The maximum atomic E-state index is 13.2. The molecular weight excluding hydrogens is 426 g/mol. The van der Waals surface area contributed by atoms with Crippen molar-refractivity contribution >= 4 is 27.3 Å². The minimum Gasteiger partial charge on any atom is -0.385 e. The summed E-state index contributed by atoms with van der Waals surface area (Å²) in [5.41, 5.74) is 1.68. The Morgan fingerprint density at radius 3 is 2.40 bits per heavy atom. The van der Waals surface area contributed by atoms with E-state index in [-0.39, 0.29) is 23.5 Å². The highest BCUT2D eigenvalue weighted by atomic mass is 35.5. The van der Waals surface area contributed by atoms with Gasteiger partial charge in [-0.2, -0.15) is 5.10 Å². The van der Waals surface area contributed by atoms with Crippen molar-refractivity contribution in [3.8, 4) is 0 Å². The molecule has 30 heavy (non-hydrogen) atoms. The van der Waals surface area contributed by atoms with E-state index in [2.05, 4.69) is 5.10 Å². The number of carbonyl (C=O) groups is 1. The second kappa shape index (κ2) is 7.66. The first-order chi connectivity index (χ1) is 14.1. The van der Waals surface area contributed by atoms with Crippen LogP contribution in [0, 0.1) is 13.8 Å². The smallest absolute Gasteiger partial charge is 0.257 e. The van der Waals surface area contributed by atoms with Crippen LogP contribution in [0.25, 0.3) is 0 Å². The summed E-state index contributed by atoms with van der Waals surface area (Å²) >= 11 is 5.95. The van der Waals surface area contributed by atoms with Gasteiger partial charge in [0.15, 0.2) is 9.84 Å². The van der Waals surface area contributed by atoms with E-state index in [0.29, 0.717) is 54.3 Å². The normalized spacial score (nSPS) is 22.9. The lowest BCUT2D eigenvalue weighted by Crippen LogP contribution is -2.45. The third-order valence-corrected chi connectivity index (χ3v) is 8.35. The molecule has 3 heterocycles. The third kappa shape index (κ3) is 3.88. The fraction of sp³-hybridized carbons (Fsp3) is 0.524. The number of hydrogen-bond donors (Lipinski definition) is 1. The van der Waals surface area contributed by atoms with Crippen molar-refractivity contribution in [1.82, 2.24) is 14.7 Å². The Balaban J connectivity index is 1.50. The molecule has 0 unspecified atom stereocenters. The van der Waals surface area contributed by atoms with Crippen molar-refractivity contribution in [2.45, 2.75) is 44.8 Å². The van der Waals surface area contributed by atoms with Gasteiger partial charge in [0.05, 0.1) is 34.4 Å². The fourth-order valence-corrected chi connectivity index (χ4v) is 6.40. The molecule has 1 aromatic carbocycles. The van der Waals surface area contributed by atoms with Gasteiger partial charge in [-0.25, -0.2) is 8.42 Å². The maximum absolute atomic E-state index is 13.2. The quantitative estimate of drug-likeness (QED) is 0.774. The maximum Gasteiger partial charge on any atom is 0.257 e. The van der Waals surface area contributed by atoms with Crippen LogP contribution in [-0.2, 0) is 15.4 Å². The highest BCUT2D eigenvalue weighted by Crippen LogP contribution is 2.34. The van der Waals surface area contributed by atoms with Gasteiger partial charge < -0.3 is 10.0 Å². The van der Waals surface area contributed by atoms with Crippen molar-refractivity contribution in [2.24, 2.45) is 0 Å². The standard InChI is InChI=1S/C21H26ClN3O4S/c1-14-19(15(2)25(23-14)18-7-12-30(28,29)13-18)20(26)24-10-8-21(27,9-11-24)16-3-5-17(22)6-4-16/h3-6,18,27H,7-13H2,1-2H3/t18-/m1/s1. The zero-order valence-corrected chi connectivity index (χ0v) is 18.7. The topological polar surface area (TPSA) is 92.5 Å². The van der Waals surface area contributed by atoms with Crippen molar-refractivity contribution in [1.29, 1.82) is 0 Å². The summed E-state index contributed by atoms with van der Waals surface area (Å²) in [6.07, 6.45) is 1.40. The average Bonchev–Trinajstić information content (AvgIpc) is 3.20. The van der Waals surface area contributed by atoms with Crippen LogP contribution in [0.1, 0.15) is 52.6 Å². The zero-order valence-electron chi connectivity index (χ0n) is 17.1. The van der Waals surface area contributed by atoms with Crippen molar-refractivity contribution < 1.29 is 18.3 Å². The number of rotatable bonds is 3. The molecule has 1 amide bonds. The van der Waals surface area contributed by atoms with Crippen LogP contribution < -0.4 is 0 Å². The molecule has 162 valence electrons. The van der Waals surface area contributed by atoms with Crippen molar-refractivity contribution in [3.05, 3.63) is 51.8 Å². The molecule has 7 nitrogen and oxygen atoms in total. The summed E-state index contributed by atoms with van der Waals surface area (Å²) in [5, 5.41) is 16.2. The highest BCUT2D eigenvalue weighted by molar-refractivity contribution is 7.91. The lowest BCUT2D eigenvalue weighted by Gasteiger charge is -2.38. The summed E-state index contributed by atoms with van der Waals surface area (Å²) in [6.45, 7) is 4.47. The van der Waals surface area contributed by atoms with E-state index >= 15 is 0 Å². The molecule has 0 spiro atoms. The molecule has 0 aliphatic carbocycles. The Hall–Kier alpha value is -1.90. The number of sulfone groups is 1. The first kappa shape index (κ1) is 21.3. The first-order valence-electron chi connectivity index (χ1n) is 10.1. The van der Waals surface area contributed by atoms with E-state index < -0.39 is 15.4 Å². The zero-order chi connectivity index (χ0) is 21.7. The number of benzene rings is 1. The molecule has 2 aromatic rings. The lowest BCUT2D eigenvalue weighted by atomic mass is 9.84. The first-order valence-corrected chi connectivity index (χ1v) is 12.3. The highest BCUT2D eigenvalue weighted by Gasteiger charge is 2.37. The summed E-state index contributed by atoms with van der Waals surface area (Å²) in [4.78, 5) is 15.0. The number of aliphatic hydroxyl groups is 1. The van der Waals surface area contributed by atoms with Crippen LogP contribution in [0.3, 0.4) is 0 Å². The Kier molecular flexibility index (Phi) is 5.45. The molecule has 2 fully saturated rings. The van der Waals surface area contributed by atoms with Gasteiger partial charge in [0.25, 0.3) is 5.91 Å². The Morgan fingerprint density at radius 2 is 1.83 bits per heavy atom. The molecule has 1 atom stereocenters. The van der Waals surface area contributed by atoms with E-state index in [1.807, 2.05) is 19.1 Å². The van der Waals surface area contributed by atoms with Gasteiger partial charge >= 0.3 is 0 Å². The number of nitrogens with zero attached hydrogens (tertiary/aromatic N) is 3. The number of hydrogen-bond acceptors (Lipinski definition) is 5. The van der Waals surface area contributed by atoms with Crippen molar-refractivity contribution in [2.75, 3.05) is 24.6 Å². The molecule has 2 aliphatic rings. The minimum atomic E-state index is -3.04. The number of piperidine rings is 1. The Labute approximate surface area is 181 Å². The van der Waals surface area contributed by atoms with E-state index in [4.69, 9.17) is 11.6 Å². The molecule has 2 saturated heterocycles. The second-order valence-corrected chi connectivity index (χ2v) is 11.0. The molecule has 4 rings (SSSR count). The van der Waals surface area contributed by atoms with Crippen LogP contribution in [-0.4, -0.2) is 58.7 Å². The SMILES string of the molecule is Cc1nn([C@@H]2CCS(=O)(=O)C2)c(C)c1C(=O)N1CCC(O)(c2ccc(Cl)cc2)CC1. The summed E-state index contributed by atoms with van der Waals surface area (Å²) in [6, 6.07) is 6.96. The van der Waals surface area contributed by atoms with Gasteiger partial charge in [-0.15, -0.1) is 0 Å². The number of aryl methyl sites for hydroxylation is 1. The molecule has 0 radical (unpaired) electrons. The van der Waals surface area contributed by atoms with E-state index in [9.17, 15) is 18.3 Å². The number of amides is 1. The Bertz CT molecular complexity index is 1070. The molecule has 9 heteroatoms. The summed E-state index contributed by atoms with van der Waals surface area (Å²) in [7, 11) is -3.04. The molecule has 1 N–H and O–H groups in total. The largest absolute Gasteiger partial charge is 0.385 e. The number of carbonyl (C=O) groups excluding carboxylic acids is 1. The van der Waals surface area contributed by atoms with E-state index in [0.717, 1.165) is 5.56 Å². The molecule has 2 aliphatic heterocycles. The van der Waals surface area contributed by atoms with E-state index in [1.54, 1.807) is 28.6 Å². The average molecular weight is 452 g/mol. The minimum absolute atomic E-state index is 0.0699. The number of likely N-dealkylation sites (tertiary alicyclic amines) is 1. The monoisotopic (exact) mass is 451 g/mol. The molecule has 1 aromatic heterocycles. The third-order valence-electron chi connectivity index (χ3n) is 6.35. The van der Waals surface area contributed by atoms with Crippen LogP contribution in [0.2, 0.25) is 5.02 Å². The predicted octanol–water partition coefficient (Wildman–Crippen LogP) is 2.64. The van der Waals surface area contributed by atoms with Crippen LogP contribution in [0.5, 0.6) is 0 Å². The van der Waals surface area contributed by atoms with E-state index in [1.165, 1.54) is 0 Å². The van der Waals surface area contributed by atoms with Crippen LogP contribution >= 0.6 is 11.6 Å². The molecular formula is C21H26ClN3O4S. The molecule has 0 bridgehead atoms. The molecule has 0 saturated carbocycles. The number of aromatic nitrogens is 2. The van der Waals surface area contributed by atoms with Gasteiger partial charge in [0, 0.05) is 23.8 Å². The van der Waals surface area contributed by atoms with Gasteiger partial charge in [0.1, 0.15) is 0 Å². The lowest BCUT2D eigenvalue weighted by molar-refractivity contribution is -0.0211. The van der Waals surface area contributed by atoms with Gasteiger partial charge in [-0.3, -0.25) is 9.48 Å². The van der Waals surface area contributed by atoms with Gasteiger partial charge in [-0.1, -0.05) is 23.7 Å². The van der Waals surface area contributed by atoms with Crippen LogP contribution in [0.4, 0.5) is 0 Å². The van der Waals surface area contributed by atoms with Crippen LogP contribution in [0.15, 0.2) is 24.3 Å². The van der Waals surface area contributed by atoms with Gasteiger partial charge in [-0.05, 0) is 50.8 Å². The summed E-state index contributed by atoms with van der Waals surface area (Å²) in [5.74, 6) is 0.116.